The second kappa shape index (κ2) is 7.13. The van der Waals surface area contributed by atoms with Crippen LogP contribution in [0.3, 0.4) is 0 Å². The van der Waals surface area contributed by atoms with Gasteiger partial charge in [-0.1, -0.05) is 31.3 Å². The normalized spacial score (nSPS) is 10.5. The average molecular weight is 254 g/mol. The highest BCUT2D eigenvalue weighted by atomic mass is 32.1. The molecular weight excluding hydrogens is 236 g/mol. The quantitative estimate of drug-likeness (QED) is 0.571. The van der Waals surface area contributed by atoms with Crippen molar-refractivity contribution in [1.82, 2.24) is 15.5 Å². The van der Waals surface area contributed by atoms with Crippen molar-refractivity contribution in [3.05, 3.63) is 17.7 Å². The summed E-state index contributed by atoms with van der Waals surface area (Å²) in [5.41, 5.74) is 0. The molecule has 0 aliphatic rings. The fourth-order valence-corrected chi connectivity index (χ4v) is 2.16. The number of amides is 1. The van der Waals surface area contributed by atoms with E-state index < -0.39 is 0 Å². The lowest BCUT2D eigenvalue weighted by atomic mass is 10.1. The summed E-state index contributed by atoms with van der Waals surface area (Å²) in [6, 6.07) is 0. The molecule has 1 heterocycles. The van der Waals surface area contributed by atoms with Crippen LogP contribution >= 0.6 is 11.3 Å². The molecule has 0 aromatic carbocycles. The number of carbonyl (C=O) groups excluding carboxylic acids is 1. The van der Waals surface area contributed by atoms with Crippen molar-refractivity contribution in [1.29, 1.82) is 0 Å². The van der Waals surface area contributed by atoms with E-state index in [0.29, 0.717) is 17.6 Å². The second-order valence-electron chi connectivity index (χ2n) is 4.07. The third-order valence-electron chi connectivity index (χ3n) is 1.87. The van der Waals surface area contributed by atoms with Gasteiger partial charge in [0.1, 0.15) is 5.01 Å². The lowest BCUT2D eigenvalue weighted by Crippen LogP contribution is -2.27. The topological polar surface area (TPSA) is 66.9 Å². The van der Waals surface area contributed by atoms with Crippen LogP contribution in [0.4, 0.5) is 5.13 Å². The summed E-state index contributed by atoms with van der Waals surface area (Å²) in [5, 5.41) is 15.1. The van der Waals surface area contributed by atoms with Gasteiger partial charge >= 0.3 is 0 Å². The third-order valence-corrected chi connectivity index (χ3v) is 2.73. The van der Waals surface area contributed by atoms with Gasteiger partial charge in [-0.3, -0.25) is 10.1 Å². The van der Waals surface area contributed by atoms with E-state index in [-0.39, 0.29) is 12.5 Å². The molecule has 0 saturated heterocycles. The molecule has 0 aliphatic carbocycles. The second-order valence-corrected chi connectivity index (χ2v) is 5.13. The molecule has 2 N–H and O–H groups in total. The first-order chi connectivity index (χ1) is 8.11. The van der Waals surface area contributed by atoms with E-state index in [2.05, 4.69) is 41.3 Å². The molecule has 6 heteroatoms. The molecule has 0 saturated carbocycles. The van der Waals surface area contributed by atoms with Gasteiger partial charge in [-0.25, -0.2) is 0 Å². The van der Waals surface area contributed by atoms with E-state index in [9.17, 15) is 4.79 Å². The van der Waals surface area contributed by atoms with Crippen molar-refractivity contribution in [2.75, 3.05) is 18.4 Å². The van der Waals surface area contributed by atoms with Crippen LogP contribution in [0.1, 0.15) is 18.9 Å². The van der Waals surface area contributed by atoms with Crippen LogP contribution in [0.5, 0.6) is 0 Å². The largest absolute Gasteiger partial charge is 0.305 e. The third kappa shape index (κ3) is 5.55. The van der Waals surface area contributed by atoms with Crippen molar-refractivity contribution in [2.45, 2.75) is 20.3 Å². The van der Waals surface area contributed by atoms with E-state index in [1.165, 1.54) is 11.3 Å². The SMILES string of the molecule is C=CCNCC(=O)Nc1nnc(CC(C)C)s1. The van der Waals surface area contributed by atoms with E-state index in [1.807, 2.05) is 0 Å². The molecule has 0 unspecified atom stereocenters. The van der Waals surface area contributed by atoms with E-state index in [4.69, 9.17) is 0 Å². The maximum atomic E-state index is 11.4. The summed E-state index contributed by atoms with van der Waals surface area (Å²) < 4.78 is 0. The molecule has 1 aromatic rings. The van der Waals surface area contributed by atoms with Gasteiger partial charge in [0, 0.05) is 13.0 Å². The molecule has 1 rings (SSSR count). The zero-order chi connectivity index (χ0) is 12.7. The Morgan fingerprint density at radius 1 is 1.53 bits per heavy atom. The maximum absolute atomic E-state index is 11.4. The predicted octanol–water partition coefficient (Wildman–Crippen LogP) is 1.45. The lowest BCUT2D eigenvalue weighted by molar-refractivity contribution is -0.115. The number of nitrogens with one attached hydrogen (secondary N) is 2. The van der Waals surface area contributed by atoms with Gasteiger partial charge in [0.25, 0.3) is 0 Å². The van der Waals surface area contributed by atoms with Crippen molar-refractivity contribution in [3.63, 3.8) is 0 Å². The minimum absolute atomic E-state index is 0.112. The Bertz CT molecular complexity index is 375. The van der Waals surface area contributed by atoms with E-state index in [0.717, 1.165) is 11.4 Å². The maximum Gasteiger partial charge on any atom is 0.240 e. The average Bonchev–Trinajstić information content (AvgIpc) is 2.64. The minimum Gasteiger partial charge on any atom is -0.305 e. The summed E-state index contributed by atoms with van der Waals surface area (Å²) in [7, 11) is 0. The highest BCUT2D eigenvalue weighted by Crippen LogP contribution is 2.17. The van der Waals surface area contributed by atoms with Crippen molar-refractivity contribution >= 4 is 22.4 Å². The van der Waals surface area contributed by atoms with Crippen molar-refractivity contribution in [3.8, 4) is 0 Å². The molecule has 0 fully saturated rings. The van der Waals surface area contributed by atoms with Gasteiger partial charge in [-0.05, 0) is 5.92 Å². The number of hydrogen-bond donors (Lipinski definition) is 2. The Hall–Kier alpha value is -1.27. The standard InChI is InChI=1S/C11H18N4OS/c1-4-5-12-7-9(16)13-11-15-14-10(17-11)6-8(2)3/h4,8,12H,1,5-7H2,2-3H3,(H,13,15,16). The van der Waals surface area contributed by atoms with Crippen LogP contribution in [0, 0.1) is 5.92 Å². The minimum atomic E-state index is -0.112. The highest BCUT2D eigenvalue weighted by molar-refractivity contribution is 7.15. The van der Waals surface area contributed by atoms with Crippen LogP contribution in [0.15, 0.2) is 12.7 Å². The molecule has 0 radical (unpaired) electrons. The van der Waals surface area contributed by atoms with Crippen molar-refractivity contribution < 1.29 is 4.79 Å². The molecule has 17 heavy (non-hydrogen) atoms. The summed E-state index contributed by atoms with van der Waals surface area (Å²) in [6.07, 6.45) is 2.60. The molecule has 1 aromatic heterocycles. The number of hydrogen-bond acceptors (Lipinski definition) is 5. The number of rotatable bonds is 7. The van der Waals surface area contributed by atoms with Gasteiger partial charge in [0.05, 0.1) is 6.54 Å². The van der Waals surface area contributed by atoms with Crippen molar-refractivity contribution in [2.24, 2.45) is 5.92 Å². The summed E-state index contributed by atoms with van der Waals surface area (Å²) in [5.74, 6) is 0.430. The molecule has 0 spiro atoms. The summed E-state index contributed by atoms with van der Waals surface area (Å²) in [6.45, 7) is 8.67. The van der Waals surface area contributed by atoms with Crippen LogP contribution in [0.2, 0.25) is 0 Å². The molecule has 1 amide bonds. The monoisotopic (exact) mass is 254 g/mol. The zero-order valence-electron chi connectivity index (χ0n) is 10.2. The fraction of sp³-hybridized carbons (Fsp3) is 0.545. The zero-order valence-corrected chi connectivity index (χ0v) is 11.0. The summed E-state index contributed by atoms with van der Waals surface area (Å²) in [4.78, 5) is 11.4. The summed E-state index contributed by atoms with van der Waals surface area (Å²) >= 11 is 1.43. The van der Waals surface area contributed by atoms with Gasteiger partial charge < -0.3 is 5.32 Å². The predicted molar refractivity (Wildman–Crippen MR) is 70.1 cm³/mol. The Morgan fingerprint density at radius 2 is 2.29 bits per heavy atom. The number of aromatic nitrogens is 2. The number of anilines is 1. The van der Waals surface area contributed by atoms with E-state index in [1.54, 1.807) is 6.08 Å². The van der Waals surface area contributed by atoms with Gasteiger partial charge in [-0.15, -0.1) is 16.8 Å². The van der Waals surface area contributed by atoms with Crippen LogP contribution in [0.25, 0.3) is 0 Å². The van der Waals surface area contributed by atoms with Gasteiger partial charge in [0.15, 0.2) is 0 Å². The molecule has 5 nitrogen and oxygen atoms in total. The smallest absolute Gasteiger partial charge is 0.240 e. The number of carbonyl (C=O) groups is 1. The first-order valence-corrected chi connectivity index (χ1v) is 6.37. The molecule has 0 aliphatic heterocycles. The Balaban J connectivity index is 2.37. The number of nitrogens with zero attached hydrogens (tertiary/aromatic N) is 2. The molecule has 0 atom stereocenters. The van der Waals surface area contributed by atoms with Crippen LogP contribution < -0.4 is 10.6 Å². The molecule has 0 bridgehead atoms. The molecule has 94 valence electrons. The van der Waals surface area contributed by atoms with Crippen LogP contribution in [-0.2, 0) is 11.2 Å². The first kappa shape index (κ1) is 13.8. The van der Waals surface area contributed by atoms with E-state index >= 15 is 0 Å². The van der Waals surface area contributed by atoms with Gasteiger partial charge in [0.2, 0.25) is 11.0 Å². The fourth-order valence-electron chi connectivity index (χ4n) is 1.19. The highest BCUT2D eigenvalue weighted by Gasteiger charge is 2.08. The Kier molecular flexibility index (Phi) is 5.79. The molecular formula is C11H18N4OS. The lowest BCUT2D eigenvalue weighted by Gasteiger charge is -2.01. The Labute approximate surface area is 105 Å². The Morgan fingerprint density at radius 3 is 2.94 bits per heavy atom. The van der Waals surface area contributed by atoms with Gasteiger partial charge in [-0.2, -0.15) is 0 Å². The van der Waals surface area contributed by atoms with Crippen LogP contribution in [-0.4, -0.2) is 29.2 Å². The first-order valence-electron chi connectivity index (χ1n) is 5.55.